The summed E-state index contributed by atoms with van der Waals surface area (Å²) in [5.74, 6) is -0.313. The number of nitrogens with zero attached hydrogens (tertiary/aromatic N) is 1. The molecule has 0 spiro atoms. The van der Waals surface area contributed by atoms with E-state index in [1.165, 1.54) is 0 Å². The smallest absolute Gasteiger partial charge is 0.338 e. The Morgan fingerprint density at radius 2 is 1.85 bits per heavy atom. The van der Waals surface area contributed by atoms with Crippen LogP contribution in [0, 0.1) is 13.8 Å². The SMILES string of the molecule is Cc1ccc(C(=O)OCCCN2C(=O)C(C)(C)Nc3ccccc32)cc1C. The summed E-state index contributed by atoms with van der Waals surface area (Å²) in [5, 5.41) is 3.28. The molecule has 0 unspecified atom stereocenters. The van der Waals surface area contributed by atoms with Crippen molar-refractivity contribution < 1.29 is 14.3 Å². The van der Waals surface area contributed by atoms with Crippen molar-refractivity contribution >= 4 is 23.3 Å². The number of fused-ring (bicyclic) bond motifs is 1. The highest BCUT2D eigenvalue weighted by atomic mass is 16.5. The summed E-state index contributed by atoms with van der Waals surface area (Å²) in [5.41, 5.74) is 3.91. The molecule has 27 heavy (non-hydrogen) atoms. The van der Waals surface area contributed by atoms with Gasteiger partial charge in [0.15, 0.2) is 0 Å². The van der Waals surface area contributed by atoms with Gasteiger partial charge >= 0.3 is 5.97 Å². The van der Waals surface area contributed by atoms with Crippen LogP contribution >= 0.6 is 0 Å². The van der Waals surface area contributed by atoms with Gasteiger partial charge in [-0.15, -0.1) is 0 Å². The zero-order valence-corrected chi connectivity index (χ0v) is 16.3. The molecule has 2 aromatic carbocycles. The zero-order valence-electron chi connectivity index (χ0n) is 16.3. The van der Waals surface area contributed by atoms with Crippen LogP contribution in [0.4, 0.5) is 11.4 Å². The van der Waals surface area contributed by atoms with E-state index in [1.54, 1.807) is 11.0 Å². The minimum absolute atomic E-state index is 0.0154. The first-order valence-corrected chi connectivity index (χ1v) is 9.23. The predicted octanol–water partition coefficient (Wildman–Crippen LogP) is 4.09. The molecule has 0 aromatic heterocycles. The topological polar surface area (TPSA) is 58.6 Å². The van der Waals surface area contributed by atoms with Crippen LogP contribution in [0.1, 0.15) is 41.8 Å². The van der Waals surface area contributed by atoms with Gasteiger partial charge in [0, 0.05) is 6.54 Å². The van der Waals surface area contributed by atoms with Gasteiger partial charge in [-0.1, -0.05) is 18.2 Å². The van der Waals surface area contributed by atoms with E-state index in [0.717, 1.165) is 22.5 Å². The van der Waals surface area contributed by atoms with Gasteiger partial charge < -0.3 is 15.0 Å². The number of nitrogens with one attached hydrogen (secondary N) is 1. The first kappa shape index (κ1) is 19.0. The van der Waals surface area contributed by atoms with E-state index in [2.05, 4.69) is 5.32 Å². The van der Waals surface area contributed by atoms with Gasteiger partial charge in [0.05, 0.1) is 23.5 Å². The van der Waals surface area contributed by atoms with Crippen molar-refractivity contribution in [3.8, 4) is 0 Å². The number of carbonyl (C=O) groups is 2. The lowest BCUT2D eigenvalue weighted by molar-refractivity contribution is -0.122. The van der Waals surface area contributed by atoms with Crippen molar-refractivity contribution in [2.45, 2.75) is 39.7 Å². The normalized spacial score (nSPS) is 15.1. The number of esters is 1. The van der Waals surface area contributed by atoms with Crippen LogP contribution in [0.5, 0.6) is 0 Å². The Bertz CT molecular complexity index is 874. The molecule has 5 nitrogen and oxygen atoms in total. The summed E-state index contributed by atoms with van der Waals surface area (Å²) in [6.45, 7) is 8.50. The molecule has 0 atom stereocenters. The maximum Gasteiger partial charge on any atom is 0.338 e. The van der Waals surface area contributed by atoms with E-state index in [4.69, 9.17) is 4.74 Å². The second-order valence-corrected chi connectivity index (χ2v) is 7.51. The molecular weight excluding hydrogens is 340 g/mol. The Hall–Kier alpha value is -2.82. The Labute approximate surface area is 160 Å². The van der Waals surface area contributed by atoms with Gasteiger partial charge in [0.2, 0.25) is 0 Å². The van der Waals surface area contributed by atoms with Crippen molar-refractivity contribution in [1.29, 1.82) is 0 Å². The van der Waals surface area contributed by atoms with E-state index < -0.39 is 5.54 Å². The average molecular weight is 366 g/mol. The molecule has 0 aliphatic carbocycles. The molecule has 0 bridgehead atoms. The summed E-state index contributed by atoms with van der Waals surface area (Å²) in [6, 6.07) is 13.3. The standard InChI is InChI=1S/C22H26N2O3/c1-15-10-11-17(14-16(15)2)20(25)27-13-7-12-24-19-9-6-5-8-18(19)23-22(3,4)21(24)26/h5-6,8-11,14,23H,7,12-13H2,1-4H3. The molecule has 1 amide bonds. The maximum atomic E-state index is 12.8. The van der Waals surface area contributed by atoms with Crippen LogP contribution in [-0.2, 0) is 9.53 Å². The van der Waals surface area contributed by atoms with Crippen molar-refractivity contribution in [2.75, 3.05) is 23.4 Å². The summed E-state index contributed by atoms with van der Waals surface area (Å²) >= 11 is 0. The molecule has 0 saturated heterocycles. The molecule has 1 aliphatic rings. The maximum absolute atomic E-state index is 12.8. The van der Waals surface area contributed by atoms with Gasteiger partial charge in [-0.05, 0) is 69.5 Å². The highest BCUT2D eigenvalue weighted by Crippen LogP contribution is 2.34. The summed E-state index contributed by atoms with van der Waals surface area (Å²) in [7, 11) is 0. The number of hydrogen-bond donors (Lipinski definition) is 1. The lowest BCUT2D eigenvalue weighted by atomic mass is 9.98. The molecule has 0 fully saturated rings. The van der Waals surface area contributed by atoms with Crippen molar-refractivity contribution in [2.24, 2.45) is 0 Å². The lowest BCUT2D eigenvalue weighted by Gasteiger charge is -2.40. The van der Waals surface area contributed by atoms with Crippen LogP contribution in [-0.4, -0.2) is 30.6 Å². The average Bonchev–Trinajstić information content (AvgIpc) is 2.63. The minimum Gasteiger partial charge on any atom is -0.462 e. The second-order valence-electron chi connectivity index (χ2n) is 7.51. The zero-order chi connectivity index (χ0) is 19.6. The molecule has 142 valence electrons. The van der Waals surface area contributed by atoms with Crippen molar-refractivity contribution in [3.05, 3.63) is 59.2 Å². The first-order chi connectivity index (χ1) is 12.8. The number of aryl methyl sites for hydroxylation is 2. The fraction of sp³-hybridized carbons (Fsp3) is 0.364. The minimum atomic E-state index is -0.662. The third kappa shape index (κ3) is 3.97. The molecule has 1 aliphatic heterocycles. The van der Waals surface area contributed by atoms with Crippen LogP contribution < -0.4 is 10.2 Å². The summed E-state index contributed by atoms with van der Waals surface area (Å²) in [4.78, 5) is 26.8. The number of anilines is 2. The fourth-order valence-electron chi connectivity index (χ4n) is 3.21. The molecule has 1 heterocycles. The largest absolute Gasteiger partial charge is 0.462 e. The Morgan fingerprint density at radius 1 is 1.11 bits per heavy atom. The van der Waals surface area contributed by atoms with Gasteiger partial charge in [-0.3, -0.25) is 4.79 Å². The van der Waals surface area contributed by atoms with Crippen LogP contribution in [0.2, 0.25) is 0 Å². The van der Waals surface area contributed by atoms with Crippen LogP contribution in [0.25, 0.3) is 0 Å². The summed E-state index contributed by atoms with van der Waals surface area (Å²) < 4.78 is 5.40. The van der Waals surface area contributed by atoms with Crippen molar-refractivity contribution in [1.82, 2.24) is 0 Å². The number of hydrogen-bond acceptors (Lipinski definition) is 4. The van der Waals surface area contributed by atoms with E-state index in [9.17, 15) is 9.59 Å². The number of carbonyl (C=O) groups excluding carboxylic acids is 2. The third-order valence-corrected chi connectivity index (χ3v) is 4.92. The monoisotopic (exact) mass is 366 g/mol. The fourth-order valence-corrected chi connectivity index (χ4v) is 3.21. The number of benzene rings is 2. The van der Waals surface area contributed by atoms with E-state index in [0.29, 0.717) is 18.5 Å². The molecule has 0 radical (unpaired) electrons. The molecule has 2 aromatic rings. The molecule has 0 saturated carbocycles. The predicted molar refractivity (Wildman–Crippen MR) is 107 cm³/mol. The number of amides is 1. The van der Waals surface area contributed by atoms with Gasteiger partial charge in [0.25, 0.3) is 5.91 Å². The van der Waals surface area contributed by atoms with Gasteiger partial charge in [-0.2, -0.15) is 0 Å². The lowest BCUT2D eigenvalue weighted by Crippen LogP contribution is -2.54. The molecular formula is C22H26N2O3. The third-order valence-electron chi connectivity index (χ3n) is 4.92. The van der Waals surface area contributed by atoms with Gasteiger partial charge in [-0.25, -0.2) is 4.79 Å². The Morgan fingerprint density at radius 3 is 2.59 bits per heavy atom. The number of ether oxygens (including phenoxy) is 1. The van der Waals surface area contributed by atoms with Crippen molar-refractivity contribution in [3.63, 3.8) is 0 Å². The quantitative estimate of drug-likeness (QED) is 0.640. The van der Waals surface area contributed by atoms with E-state index >= 15 is 0 Å². The Balaban J connectivity index is 1.60. The second kappa shape index (κ2) is 7.43. The Kier molecular flexibility index (Phi) is 5.22. The van der Waals surface area contributed by atoms with Crippen LogP contribution in [0.15, 0.2) is 42.5 Å². The molecule has 1 N–H and O–H groups in total. The highest BCUT2D eigenvalue weighted by molar-refractivity contribution is 6.07. The number of para-hydroxylation sites is 2. The van der Waals surface area contributed by atoms with E-state index in [-0.39, 0.29) is 18.5 Å². The van der Waals surface area contributed by atoms with Gasteiger partial charge in [0.1, 0.15) is 5.54 Å². The molecule has 3 rings (SSSR count). The van der Waals surface area contributed by atoms with E-state index in [1.807, 2.05) is 64.1 Å². The molecule has 5 heteroatoms. The van der Waals surface area contributed by atoms with Crippen LogP contribution in [0.3, 0.4) is 0 Å². The highest BCUT2D eigenvalue weighted by Gasteiger charge is 2.38. The number of rotatable bonds is 5. The summed E-state index contributed by atoms with van der Waals surface area (Å²) in [6.07, 6.45) is 0.576. The first-order valence-electron chi connectivity index (χ1n) is 9.23.